The molecular formula is C24H21BrN2O4. The fourth-order valence-corrected chi connectivity index (χ4v) is 3.58. The molecule has 0 radical (unpaired) electrons. The summed E-state index contributed by atoms with van der Waals surface area (Å²) in [5.74, 6) is 0.245. The van der Waals surface area contributed by atoms with Gasteiger partial charge in [-0.3, -0.25) is 4.79 Å². The van der Waals surface area contributed by atoms with E-state index in [1.807, 2.05) is 32.0 Å². The van der Waals surface area contributed by atoms with Crippen LogP contribution in [0.3, 0.4) is 0 Å². The molecule has 31 heavy (non-hydrogen) atoms. The fourth-order valence-electron chi connectivity index (χ4n) is 2.80. The van der Waals surface area contributed by atoms with Gasteiger partial charge in [-0.15, -0.1) is 0 Å². The molecule has 0 heterocycles. The summed E-state index contributed by atoms with van der Waals surface area (Å²) in [4.78, 5) is 24.0. The third-order valence-corrected chi connectivity index (χ3v) is 4.81. The highest BCUT2D eigenvalue weighted by Crippen LogP contribution is 2.30. The van der Waals surface area contributed by atoms with Crippen LogP contribution < -0.4 is 14.9 Å². The third kappa shape index (κ3) is 6.52. The Labute approximate surface area is 189 Å². The Balaban J connectivity index is 1.48. The van der Waals surface area contributed by atoms with Gasteiger partial charge in [-0.05, 0) is 88.9 Å². The number of carbonyl (C=O) groups is 2. The van der Waals surface area contributed by atoms with Crippen LogP contribution in [0.25, 0.3) is 0 Å². The number of benzene rings is 3. The number of hydrogen-bond acceptors (Lipinski definition) is 5. The molecular weight excluding hydrogens is 460 g/mol. The summed E-state index contributed by atoms with van der Waals surface area (Å²) in [6.45, 7) is 3.75. The zero-order valence-corrected chi connectivity index (χ0v) is 18.7. The summed E-state index contributed by atoms with van der Waals surface area (Å²) >= 11 is 3.45. The van der Waals surface area contributed by atoms with E-state index in [2.05, 4.69) is 26.5 Å². The highest BCUT2D eigenvalue weighted by molar-refractivity contribution is 9.10. The van der Waals surface area contributed by atoms with Gasteiger partial charge < -0.3 is 9.47 Å². The van der Waals surface area contributed by atoms with Crippen molar-refractivity contribution in [3.63, 3.8) is 0 Å². The van der Waals surface area contributed by atoms with Crippen LogP contribution in [0, 0.1) is 13.8 Å². The van der Waals surface area contributed by atoms with Crippen LogP contribution in [-0.2, 0) is 4.79 Å². The number of nitrogens with one attached hydrogen (secondary N) is 1. The van der Waals surface area contributed by atoms with Crippen molar-refractivity contribution in [2.75, 3.05) is 6.61 Å². The molecule has 1 N–H and O–H groups in total. The second kappa shape index (κ2) is 10.5. The summed E-state index contributed by atoms with van der Waals surface area (Å²) in [5, 5.41) is 3.93. The Hall–Kier alpha value is -3.45. The van der Waals surface area contributed by atoms with Crippen molar-refractivity contribution < 1.29 is 19.1 Å². The minimum absolute atomic E-state index is 0.159. The monoisotopic (exact) mass is 480 g/mol. The molecule has 7 heteroatoms. The van der Waals surface area contributed by atoms with Crippen LogP contribution in [0.4, 0.5) is 0 Å². The molecule has 6 nitrogen and oxygen atoms in total. The lowest BCUT2D eigenvalue weighted by Gasteiger charge is -2.11. The first-order valence-electron chi connectivity index (χ1n) is 9.51. The third-order valence-electron chi connectivity index (χ3n) is 4.22. The number of carbonyl (C=O) groups excluding carboxylic acids is 2. The van der Waals surface area contributed by atoms with Crippen molar-refractivity contribution in [3.8, 4) is 11.5 Å². The van der Waals surface area contributed by atoms with E-state index in [0.717, 1.165) is 21.2 Å². The maximum Gasteiger partial charge on any atom is 0.343 e. The Morgan fingerprint density at radius 2 is 1.74 bits per heavy atom. The lowest BCUT2D eigenvalue weighted by Crippen LogP contribution is -2.24. The van der Waals surface area contributed by atoms with Crippen LogP contribution in [0.5, 0.6) is 11.5 Å². The summed E-state index contributed by atoms with van der Waals surface area (Å²) in [6.07, 6.45) is 1.49. The van der Waals surface area contributed by atoms with Crippen molar-refractivity contribution in [1.82, 2.24) is 5.43 Å². The highest BCUT2D eigenvalue weighted by atomic mass is 79.9. The van der Waals surface area contributed by atoms with Crippen LogP contribution >= 0.6 is 15.9 Å². The van der Waals surface area contributed by atoms with Crippen LogP contribution in [0.1, 0.15) is 27.0 Å². The van der Waals surface area contributed by atoms with Crippen molar-refractivity contribution in [2.24, 2.45) is 5.10 Å². The number of esters is 1. The summed E-state index contributed by atoms with van der Waals surface area (Å²) in [7, 11) is 0. The van der Waals surface area contributed by atoms with Gasteiger partial charge >= 0.3 is 5.97 Å². The van der Waals surface area contributed by atoms with Gasteiger partial charge in [0.05, 0.1) is 16.3 Å². The molecule has 3 aromatic carbocycles. The molecule has 0 aliphatic rings. The quantitative estimate of drug-likeness (QED) is 0.227. The van der Waals surface area contributed by atoms with Gasteiger partial charge in [0.15, 0.2) is 6.61 Å². The van der Waals surface area contributed by atoms with E-state index in [1.54, 1.807) is 48.5 Å². The smallest absolute Gasteiger partial charge is 0.343 e. The Morgan fingerprint density at radius 3 is 2.42 bits per heavy atom. The first-order chi connectivity index (χ1) is 14.9. The first kappa shape index (κ1) is 22.2. The molecule has 0 fully saturated rings. The van der Waals surface area contributed by atoms with Gasteiger partial charge in [0, 0.05) is 0 Å². The highest BCUT2D eigenvalue weighted by Gasteiger charge is 2.09. The standard InChI is InChI=1S/C24H21BrN2O4/c1-16-12-17(2)23(21(25)13-16)30-15-22(28)27-26-14-18-8-10-20(11-9-18)31-24(29)19-6-4-3-5-7-19/h3-14H,15H2,1-2H3,(H,27,28). The van der Waals surface area contributed by atoms with Crippen LogP contribution in [0.15, 0.2) is 76.3 Å². The van der Waals surface area contributed by atoms with E-state index >= 15 is 0 Å². The molecule has 0 saturated heterocycles. The molecule has 0 atom stereocenters. The van der Waals surface area contributed by atoms with Crippen LogP contribution in [0.2, 0.25) is 0 Å². The van der Waals surface area contributed by atoms with Crippen molar-refractivity contribution in [2.45, 2.75) is 13.8 Å². The number of hydrogen-bond donors (Lipinski definition) is 1. The molecule has 0 spiro atoms. The van der Waals surface area contributed by atoms with Gasteiger partial charge in [0.1, 0.15) is 11.5 Å². The van der Waals surface area contributed by atoms with Gasteiger partial charge in [-0.2, -0.15) is 5.10 Å². The van der Waals surface area contributed by atoms with E-state index in [1.165, 1.54) is 6.21 Å². The van der Waals surface area contributed by atoms with Crippen molar-refractivity contribution in [1.29, 1.82) is 0 Å². The first-order valence-corrected chi connectivity index (χ1v) is 10.3. The van der Waals surface area contributed by atoms with E-state index in [9.17, 15) is 9.59 Å². The largest absolute Gasteiger partial charge is 0.482 e. The molecule has 1 amide bonds. The van der Waals surface area contributed by atoms with Crippen molar-refractivity contribution >= 4 is 34.0 Å². The number of halogens is 1. The van der Waals surface area contributed by atoms with E-state index in [4.69, 9.17) is 9.47 Å². The molecule has 0 unspecified atom stereocenters. The van der Waals surface area contributed by atoms with Crippen molar-refractivity contribution in [3.05, 3.63) is 93.5 Å². The van der Waals surface area contributed by atoms with E-state index < -0.39 is 5.97 Å². The number of nitrogens with zero attached hydrogens (tertiary/aromatic N) is 1. The van der Waals surface area contributed by atoms with Gasteiger partial charge in [0.25, 0.3) is 5.91 Å². The normalized spacial score (nSPS) is 10.7. The SMILES string of the molecule is Cc1cc(C)c(OCC(=O)NN=Cc2ccc(OC(=O)c3ccccc3)cc2)c(Br)c1. The average molecular weight is 481 g/mol. The summed E-state index contributed by atoms with van der Waals surface area (Å²) < 4.78 is 11.7. The molecule has 0 bridgehead atoms. The summed E-state index contributed by atoms with van der Waals surface area (Å²) in [5.41, 5.74) is 5.68. The number of amides is 1. The molecule has 0 aliphatic carbocycles. The Kier molecular flexibility index (Phi) is 7.56. The number of aryl methyl sites for hydroxylation is 2. The maximum absolute atomic E-state index is 12.1. The second-order valence-corrected chi connectivity index (χ2v) is 7.65. The zero-order chi connectivity index (χ0) is 22.2. The Bertz CT molecular complexity index is 1070. The molecule has 3 rings (SSSR count). The Morgan fingerprint density at radius 1 is 1.03 bits per heavy atom. The number of ether oxygens (including phenoxy) is 2. The number of rotatable bonds is 7. The van der Waals surface area contributed by atoms with Gasteiger partial charge in [-0.25, -0.2) is 10.2 Å². The fraction of sp³-hybridized carbons (Fsp3) is 0.125. The lowest BCUT2D eigenvalue weighted by atomic mass is 10.1. The summed E-state index contributed by atoms with van der Waals surface area (Å²) in [6, 6.07) is 19.4. The second-order valence-electron chi connectivity index (χ2n) is 6.80. The van der Waals surface area contributed by atoms with E-state index in [0.29, 0.717) is 17.1 Å². The minimum Gasteiger partial charge on any atom is -0.482 e. The molecule has 0 aromatic heterocycles. The number of hydrazone groups is 1. The van der Waals surface area contributed by atoms with E-state index in [-0.39, 0.29) is 12.5 Å². The average Bonchev–Trinajstić information content (AvgIpc) is 2.75. The predicted octanol–water partition coefficient (Wildman–Crippen LogP) is 4.81. The topological polar surface area (TPSA) is 77.0 Å². The minimum atomic E-state index is -0.426. The van der Waals surface area contributed by atoms with Crippen LogP contribution in [-0.4, -0.2) is 24.7 Å². The maximum atomic E-state index is 12.1. The molecule has 158 valence electrons. The van der Waals surface area contributed by atoms with Gasteiger partial charge in [-0.1, -0.05) is 24.3 Å². The van der Waals surface area contributed by atoms with Gasteiger partial charge in [0.2, 0.25) is 0 Å². The molecule has 0 saturated carbocycles. The predicted molar refractivity (Wildman–Crippen MR) is 123 cm³/mol. The molecule has 3 aromatic rings. The zero-order valence-electron chi connectivity index (χ0n) is 17.1. The molecule has 0 aliphatic heterocycles. The lowest BCUT2D eigenvalue weighted by molar-refractivity contribution is -0.123.